The molecule has 0 radical (unpaired) electrons. The number of benzene rings is 1. The van der Waals surface area contributed by atoms with Crippen LogP contribution in [0.5, 0.6) is 0 Å². The molecule has 1 aromatic rings. The normalized spacial score (nSPS) is 18.8. The van der Waals surface area contributed by atoms with E-state index in [-0.39, 0.29) is 5.91 Å². The van der Waals surface area contributed by atoms with Gasteiger partial charge in [0.1, 0.15) is 0 Å². The van der Waals surface area contributed by atoms with Crippen LogP contribution in [-0.2, 0) is 4.79 Å². The molecule has 0 saturated carbocycles. The SMILES string of the molecule is O=C1CN(C[C@@H](O)c2ccccc2Cl)CCN1. The summed E-state index contributed by atoms with van der Waals surface area (Å²) in [5, 5.41) is 13.4. The molecule has 0 aromatic heterocycles. The van der Waals surface area contributed by atoms with E-state index in [1.807, 2.05) is 17.0 Å². The molecule has 1 heterocycles. The van der Waals surface area contributed by atoms with Gasteiger partial charge in [-0.1, -0.05) is 29.8 Å². The number of carbonyl (C=O) groups excluding carboxylic acids is 1. The average Bonchev–Trinajstić information content (AvgIpc) is 2.29. The van der Waals surface area contributed by atoms with Crippen LogP contribution in [0.25, 0.3) is 0 Å². The third kappa shape index (κ3) is 3.19. The molecule has 1 aliphatic heterocycles. The van der Waals surface area contributed by atoms with Gasteiger partial charge in [-0.2, -0.15) is 0 Å². The van der Waals surface area contributed by atoms with E-state index in [2.05, 4.69) is 5.32 Å². The second-order valence-corrected chi connectivity index (χ2v) is 4.53. The van der Waals surface area contributed by atoms with Crippen LogP contribution in [0.4, 0.5) is 0 Å². The standard InChI is InChI=1S/C12H15ClN2O2/c13-10-4-2-1-3-9(10)11(16)7-15-6-5-14-12(17)8-15/h1-4,11,16H,5-8H2,(H,14,17)/t11-/m1/s1. The third-order valence-corrected chi connectivity index (χ3v) is 3.16. The molecule has 1 aromatic carbocycles. The average molecular weight is 255 g/mol. The Morgan fingerprint density at radius 1 is 1.47 bits per heavy atom. The zero-order valence-corrected chi connectivity index (χ0v) is 10.2. The molecular formula is C12H15ClN2O2. The minimum absolute atomic E-state index is 0.00242. The number of halogens is 1. The zero-order valence-electron chi connectivity index (χ0n) is 9.40. The largest absolute Gasteiger partial charge is 0.387 e. The Morgan fingerprint density at radius 2 is 2.24 bits per heavy atom. The van der Waals surface area contributed by atoms with Gasteiger partial charge in [-0.15, -0.1) is 0 Å². The maximum absolute atomic E-state index is 11.2. The van der Waals surface area contributed by atoms with E-state index in [1.165, 1.54) is 0 Å². The van der Waals surface area contributed by atoms with Crippen LogP contribution >= 0.6 is 11.6 Å². The van der Waals surface area contributed by atoms with Crippen molar-refractivity contribution in [3.8, 4) is 0 Å². The summed E-state index contributed by atoms with van der Waals surface area (Å²) in [6.07, 6.45) is -0.658. The van der Waals surface area contributed by atoms with Crippen LogP contribution in [0.2, 0.25) is 5.02 Å². The molecule has 92 valence electrons. The monoisotopic (exact) mass is 254 g/mol. The molecule has 4 nitrogen and oxygen atoms in total. The van der Waals surface area contributed by atoms with E-state index in [9.17, 15) is 9.90 Å². The molecule has 1 amide bonds. The molecule has 1 fully saturated rings. The van der Waals surface area contributed by atoms with Crippen molar-refractivity contribution >= 4 is 17.5 Å². The van der Waals surface area contributed by atoms with Gasteiger partial charge in [0.05, 0.1) is 12.6 Å². The van der Waals surface area contributed by atoms with Gasteiger partial charge in [-0.3, -0.25) is 9.69 Å². The summed E-state index contributed by atoms with van der Waals surface area (Å²) in [5.41, 5.74) is 0.708. The summed E-state index contributed by atoms with van der Waals surface area (Å²) in [7, 11) is 0. The molecule has 17 heavy (non-hydrogen) atoms. The van der Waals surface area contributed by atoms with E-state index < -0.39 is 6.10 Å². The van der Waals surface area contributed by atoms with E-state index in [0.29, 0.717) is 30.2 Å². The highest BCUT2D eigenvalue weighted by Crippen LogP contribution is 2.23. The van der Waals surface area contributed by atoms with Gasteiger partial charge >= 0.3 is 0 Å². The number of nitrogens with one attached hydrogen (secondary N) is 1. The van der Waals surface area contributed by atoms with E-state index in [1.54, 1.807) is 12.1 Å². The highest BCUT2D eigenvalue weighted by atomic mass is 35.5. The van der Waals surface area contributed by atoms with Crippen molar-refractivity contribution in [2.75, 3.05) is 26.2 Å². The Hall–Kier alpha value is -1.10. The Morgan fingerprint density at radius 3 is 2.94 bits per heavy atom. The molecule has 0 aliphatic carbocycles. The van der Waals surface area contributed by atoms with Crippen molar-refractivity contribution in [1.29, 1.82) is 0 Å². The van der Waals surface area contributed by atoms with Crippen LogP contribution in [0.15, 0.2) is 24.3 Å². The van der Waals surface area contributed by atoms with Gasteiger partial charge in [0.15, 0.2) is 0 Å². The van der Waals surface area contributed by atoms with Gasteiger partial charge in [0.2, 0.25) is 5.91 Å². The van der Waals surface area contributed by atoms with Gasteiger partial charge in [0, 0.05) is 30.2 Å². The van der Waals surface area contributed by atoms with Crippen LogP contribution in [0, 0.1) is 0 Å². The van der Waals surface area contributed by atoms with Gasteiger partial charge in [-0.25, -0.2) is 0 Å². The minimum Gasteiger partial charge on any atom is -0.387 e. The number of aliphatic hydroxyl groups excluding tert-OH is 1. The van der Waals surface area contributed by atoms with Crippen LogP contribution in [0.3, 0.4) is 0 Å². The molecule has 1 saturated heterocycles. The second-order valence-electron chi connectivity index (χ2n) is 4.12. The Kier molecular flexibility index (Phi) is 3.99. The summed E-state index contributed by atoms with van der Waals surface area (Å²) in [4.78, 5) is 13.1. The first-order chi connectivity index (χ1) is 8.16. The zero-order chi connectivity index (χ0) is 12.3. The Labute approximate surface area is 105 Å². The van der Waals surface area contributed by atoms with Crippen molar-refractivity contribution in [3.05, 3.63) is 34.9 Å². The molecule has 2 N–H and O–H groups in total. The van der Waals surface area contributed by atoms with E-state index in [4.69, 9.17) is 11.6 Å². The first-order valence-electron chi connectivity index (χ1n) is 5.58. The van der Waals surface area contributed by atoms with Crippen LogP contribution in [-0.4, -0.2) is 42.1 Å². The fourth-order valence-corrected chi connectivity index (χ4v) is 2.20. The van der Waals surface area contributed by atoms with Gasteiger partial charge < -0.3 is 10.4 Å². The summed E-state index contributed by atoms with van der Waals surface area (Å²) in [5.74, 6) is 0.00242. The van der Waals surface area contributed by atoms with Crippen molar-refractivity contribution in [1.82, 2.24) is 10.2 Å². The fourth-order valence-electron chi connectivity index (χ4n) is 1.94. The Balaban J connectivity index is 1.99. The van der Waals surface area contributed by atoms with Crippen LogP contribution < -0.4 is 5.32 Å². The third-order valence-electron chi connectivity index (χ3n) is 2.81. The summed E-state index contributed by atoms with van der Waals surface area (Å²) in [6.45, 7) is 2.15. The number of carbonyl (C=O) groups is 1. The quantitative estimate of drug-likeness (QED) is 0.839. The molecule has 1 atom stereocenters. The summed E-state index contributed by atoms with van der Waals surface area (Å²) >= 11 is 6.01. The summed E-state index contributed by atoms with van der Waals surface area (Å²) < 4.78 is 0. The first kappa shape index (κ1) is 12.4. The molecule has 1 aliphatic rings. The lowest BCUT2D eigenvalue weighted by Gasteiger charge is -2.28. The predicted octanol–water partition coefficient (Wildman–Crippen LogP) is 0.805. The van der Waals surface area contributed by atoms with Crippen molar-refractivity contribution < 1.29 is 9.90 Å². The van der Waals surface area contributed by atoms with Gasteiger partial charge in [-0.05, 0) is 6.07 Å². The molecule has 0 unspecified atom stereocenters. The number of amides is 1. The van der Waals surface area contributed by atoms with E-state index >= 15 is 0 Å². The lowest BCUT2D eigenvalue weighted by atomic mass is 10.1. The smallest absolute Gasteiger partial charge is 0.234 e. The molecule has 5 heteroatoms. The molecule has 0 bridgehead atoms. The Bertz CT molecular complexity index is 411. The maximum atomic E-state index is 11.2. The maximum Gasteiger partial charge on any atom is 0.234 e. The number of rotatable bonds is 3. The number of β-amino-alcohol motifs (C(OH)–C–C–N with tert-alkyl or cyclic N) is 1. The predicted molar refractivity (Wildman–Crippen MR) is 65.9 cm³/mol. The fraction of sp³-hybridized carbons (Fsp3) is 0.417. The van der Waals surface area contributed by atoms with Crippen molar-refractivity contribution in [2.24, 2.45) is 0 Å². The first-order valence-corrected chi connectivity index (χ1v) is 5.96. The molecule has 2 rings (SSSR count). The number of nitrogens with zero attached hydrogens (tertiary/aromatic N) is 1. The highest BCUT2D eigenvalue weighted by Gasteiger charge is 2.20. The minimum atomic E-state index is -0.658. The van der Waals surface area contributed by atoms with Crippen molar-refractivity contribution in [2.45, 2.75) is 6.10 Å². The number of piperazine rings is 1. The number of aliphatic hydroxyl groups is 1. The second kappa shape index (κ2) is 5.49. The summed E-state index contributed by atoms with van der Waals surface area (Å²) in [6, 6.07) is 7.22. The highest BCUT2D eigenvalue weighted by molar-refractivity contribution is 6.31. The number of hydrogen-bond acceptors (Lipinski definition) is 3. The van der Waals surface area contributed by atoms with Gasteiger partial charge in [0.25, 0.3) is 0 Å². The van der Waals surface area contributed by atoms with Crippen LogP contribution in [0.1, 0.15) is 11.7 Å². The molecular weight excluding hydrogens is 240 g/mol. The lowest BCUT2D eigenvalue weighted by molar-refractivity contribution is -0.124. The van der Waals surface area contributed by atoms with E-state index in [0.717, 1.165) is 6.54 Å². The topological polar surface area (TPSA) is 52.6 Å². The molecule has 0 spiro atoms. The lowest BCUT2D eigenvalue weighted by Crippen LogP contribution is -2.48. The van der Waals surface area contributed by atoms with Crippen molar-refractivity contribution in [3.63, 3.8) is 0 Å². The number of hydrogen-bond donors (Lipinski definition) is 2.